The first-order valence-corrected chi connectivity index (χ1v) is 24.9. The molecule has 0 bridgehead atoms. The van der Waals surface area contributed by atoms with Gasteiger partial charge >= 0.3 is 20.4 Å². The van der Waals surface area contributed by atoms with Crippen LogP contribution in [0.3, 0.4) is 0 Å². The molecule has 2 nitrogen and oxygen atoms in total. The Morgan fingerprint density at radius 3 is 1.24 bits per heavy atom. The van der Waals surface area contributed by atoms with Crippen molar-refractivity contribution in [2.75, 3.05) is 0 Å². The Hall–Kier alpha value is -2.08. The SMILES string of the molecule is CCCCCCCCCCCCCCCCCCCCCCC=CC1=C(c2cccc(CC)c2)[N+](=[N-])C(c2cccc(CC)c2)=C1CCCC.[CH2-]CCC.[CH2-]CCC.[Pd+2]. The molecule has 0 aliphatic carbocycles. The Morgan fingerprint density at radius 2 is 0.864 bits per heavy atom. The van der Waals surface area contributed by atoms with E-state index in [0.717, 1.165) is 73.9 Å². The van der Waals surface area contributed by atoms with Crippen molar-refractivity contribution in [3.8, 4) is 0 Å². The molecule has 0 unspecified atom stereocenters. The van der Waals surface area contributed by atoms with Crippen molar-refractivity contribution in [2.24, 2.45) is 0 Å². The molecule has 0 spiro atoms. The molecule has 0 saturated carbocycles. The van der Waals surface area contributed by atoms with E-state index < -0.39 is 0 Å². The molecular formula is C56H92N2Pd. The van der Waals surface area contributed by atoms with E-state index in [1.807, 2.05) is 0 Å². The molecule has 0 saturated heterocycles. The summed E-state index contributed by atoms with van der Waals surface area (Å²) in [5.74, 6) is 0. The summed E-state index contributed by atoms with van der Waals surface area (Å²) in [5.41, 5.74) is 21.1. The molecule has 1 aliphatic heterocycles. The summed E-state index contributed by atoms with van der Waals surface area (Å²) in [7, 11) is 0. The van der Waals surface area contributed by atoms with Crippen LogP contribution in [0.25, 0.3) is 16.9 Å². The second-order valence-electron chi connectivity index (χ2n) is 16.7. The maximum absolute atomic E-state index is 11.9. The van der Waals surface area contributed by atoms with Gasteiger partial charge in [-0.15, -0.1) is 0 Å². The summed E-state index contributed by atoms with van der Waals surface area (Å²) in [4.78, 5) is 0. The first-order chi connectivity index (χ1) is 28.5. The molecule has 1 aliphatic rings. The fourth-order valence-electron chi connectivity index (χ4n) is 7.58. The zero-order chi connectivity index (χ0) is 42.5. The van der Waals surface area contributed by atoms with Crippen LogP contribution < -0.4 is 0 Å². The third-order valence-corrected chi connectivity index (χ3v) is 11.5. The second kappa shape index (κ2) is 40.0. The van der Waals surface area contributed by atoms with Crippen LogP contribution in [-0.4, -0.2) is 4.70 Å². The zero-order valence-electron chi connectivity index (χ0n) is 39.6. The first kappa shape index (κ1) is 56.9. The summed E-state index contributed by atoms with van der Waals surface area (Å²) in [6.07, 6.45) is 43.9. The average Bonchev–Trinajstić information content (AvgIpc) is 3.54. The number of benzene rings is 2. The van der Waals surface area contributed by atoms with Crippen molar-refractivity contribution < 1.29 is 25.1 Å². The summed E-state index contributed by atoms with van der Waals surface area (Å²) >= 11 is 0. The molecule has 0 amide bonds. The minimum atomic E-state index is 0. The van der Waals surface area contributed by atoms with E-state index in [1.165, 1.54) is 168 Å². The van der Waals surface area contributed by atoms with E-state index in [0.29, 0.717) is 0 Å². The number of allylic oxidation sites excluding steroid dienone is 4. The van der Waals surface area contributed by atoms with Gasteiger partial charge < -0.3 is 19.4 Å². The summed E-state index contributed by atoms with van der Waals surface area (Å²) in [5, 5.41) is 0. The van der Waals surface area contributed by atoms with Crippen molar-refractivity contribution in [3.63, 3.8) is 0 Å². The normalized spacial score (nSPS) is 12.4. The van der Waals surface area contributed by atoms with E-state index in [1.54, 1.807) is 0 Å². The minimum absolute atomic E-state index is 0. The molecule has 0 atom stereocenters. The van der Waals surface area contributed by atoms with Gasteiger partial charge in [-0.05, 0) is 73.9 Å². The molecule has 336 valence electrons. The molecule has 0 radical (unpaired) electrons. The van der Waals surface area contributed by atoms with E-state index >= 15 is 0 Å². The van der Waals surface area contributed by atoms with Gasteiger partial charge in [0.2, 0.25) is 11.4 Å². The number of hydrogen-bond donors (Lipinski definition) is 0. The maximum Gasteiger partial charge on any atom is 2.00 e. The minimum Gasteiger partial charge on any atom is -0.493 e. The maximum atomic E-state index is 11.9. The molecule has 3 rings (SSSR count). The van der Waals surface area contributed by atoms with Gasteiger partial charge in [0, 0.05) is 16.7 Å². The largest absolute Gasteiger partial charge is 2.00 e. The van der Waals surface area contributed by atoms with E-state index in [4.69, 9.17) is 0 Å². The fourth-order valence-corrected chi connectivity index (χ4v) is 7.58. The van der Waals surface area contributed by atoms with Crippen LogP contribution in [0, 0.1) is 13.8 Å². The van der Waals surface area contributed by atoms with Gasteiger partial charge in [-0.3, -0.25) is 0 Å². The standard InChI is InChI=1S/C48H74N2.2C4H9.Pd/c1-5-9-11-12-13-14-15-16-17-18-19-20-21-22-23-24-25-26-27-28-29-30-38-46-45(37-10-6-2)47(43-35-31-33-41(7-3)39-43)50(49)48(46)44-36-32-34-42(8-4)40-44;2*1-3-4-2;/h30-36,38-40H,5-29,37H2,1-4H3;2*1,3-4H2,2H3;/q;2*-1;+2. The van der Waals surface area contributed by atoms with Gasteiger partial charge in [0.1, 0.15) is 0 Å². The van der Waals surface area contributed by atoms with Gasteiger partial charge in [0.05, 0.1) is 5.57 Å². The summed E-state index contributed by atoms with van der Waals surface area (Å²) in [6.45, 7) is 20.4. The number of rotatable bonds is 31. The van der Waals surface area contributed by atoms with Crippen LogP contribution in [0.5, 0.6) is 0 Å². The molecule has 3 heteroatoms. The Kier molecular flexibility index (Phi) is 38.6. The first-order valence-electron chi connectivity index (χ1n) is 24.9. The number of hydrogen-bond acceptors (Lipinski definition) is 0. The third-order valence-electron chi connectivity index (χ3n) is 11.5. The monoisotopic (exact) mass is 899 g/mol. The van der Waals surface area contributed by atoms with E-state index in [-0.39, 0.29) is 20.4 Å². The summed E-state index contributed by atoms with van der Waals surface area (Å²) in [6, 6.07) is 17.5. The Bertz CT molecular complexity index is 1390. The molecular weight excluding hydrogens is 807 g/mol. The van der Waals surface area contributed by atoms with Crippen LogP contribution in [0.15, 0.2) is 71.8 Å². The number of aryl methyl sites for hydroxylation is 2. The predicted molar refractivity (Wildman–Crippen MR) is 261 cm³/mol. The molecule has 0 aromatic heterocycles. The number of nitrogens with zero attached hydrogens (tertiary/aromatic N) is 2. The van der Waals surface area contributed by atoms with Gasteiger partial charge in [-0.2, -0.15) is 12.8 Å². The quantitative estimate of drug-likeness (QED) is 0.0312. The average molecular weight is 900 g/mol. The Morgan fingerprint density at radius 1 is 0.492 bits per heavy atom. The van der Waals surface area contributed by atoms with Gasteiger partial charge in [-0.1, -0.05) is 219 Å². The van der Waals surface area contributed by atoms with Crippen molar-refractivity contribution in [3.05, 3.63) is 113 Å². The third kappa shape index (κ3) is 25.5. The van der Waals surface area contributed by atoms with Crippen LogP contribution in [0.1, 0.15) is 244 Å². The van der Waals surface area contributed by atoms with Gasteiger partial charge in [-0.25, -0.2) is 4.70 Å². The van der Waals surface area contributed by atoms with Crippen molar-refractivity contribution in [2.45, 2.75) is 234 Å². The van der Waals surface area contributed by atoms with Gasteiger partial charge in [0.25, 0.3) is 0 Å². The smallest absolute Gasteiger partial charge is 0.493 e. The van der Waals surface area contributed by atoms with Gasteiger partial charge in [0.15, 0.2) is 0 Å². The molecule has 0 N–H and O–H groups in total. The van der Waals surface area contributed by atoms with Crippen molar-refractivity contribution >= 4 is 11.4 Å². The zero-order valence-corrected chi connectivity index (χ0v) is 41.2. The number of unbranched alkanes of at least 4 members (excludes halogenated alkanes) is 23. The van der Waals surface area contributed by atoms with Crippen LogP contribution in [0.2, 0.25) is 0 Å². The van der Waals surface area contributed by atoms with Crippen LogP contribution >= 0.6 is 0 Å². The Balaban J connectivity index is 0.00000341. The van der Waals surface area contributed by atoms with Crippen LogP contribution in [0.4, 0.5) is 0 Å². The molecule has 2 aromatic carbocycles. The Labute approximate surface area is 382 Å². The molecule has 1 heterocycles. The molecule has 0 fully saturated rings. The van der Waals surface area contributed by atoms with E-state index in [9.17, 15) is 5.53 Å². The fraction of sp³-hybridized carbons (Fsp3) is 0.643. The second-order valence-corrected chi connectivity index (χ2v) is 16.7. The predicted octanol–water partition coefficient (Wildman–Crippen LogP) is 19.2. The van der Waals surface area contributed by atoms with E-state index in [2.05, 4.69) is 116 Å². The van der Waals surface area contributed by atoms with Crippen molar-refractivity contribution in [1.82, 2.24) is 0 Å². The van der Waals surface area contributed by atoms with Crippen LogP contribution in [-0.2, 0) is 33.3 Å². The molecule has 59 heavy (non-hydrogen) atoms. The topological polar surface area (TPSA) is 25.3 Å². The summed E-state index contributed by atoms with van der Waals surface area (Å²) < 4.78 is 1.51. The van der Waals surface area contributed by atoms with Crippen molar-refractivity contribution in [1.29, 1.82) is 0 Å². The molecule has 2 aromatic rings.